The SMILES string of the molecule is CC1CN(CC(=O)Nc2ccnn2Cc2cccc(Cl)c2)CCO1. The number of rotatable bonds is 5. The molecule has 24 heavy (non-hydrogen) atoms. The van der Waals surface area contributed by atoms with E-state index in [4.69, 9.17) is 16.3 Å². The van der Waals surface area contributed by atoms with Crippen LogP contribution in [-0.4, -0.2) is 52.9 Å². The van der Waals surface area contributed by atoms with E-state index in [2.05, 4.69) is 15.3 Å². The van der Waals surface area contributed by atoms with Gasteiger partial charge in [-0.05, 0) is 24.6 Å². The number of nitrogens with one attached hydrogen (secondary N) is 1. The molecule has 2 heterocycles. The van der Waals surface area contributed by atoms with Crippen molar-refractivity contribution < 1.29 is 9.53 Å². The number of aromatic nitrogens is 2. The topological polar surface area (TPSA) is 59.4 Å². The standard InChI is InChI=1S/C17H21ClN4O2/c1-13-10-21(7-8-24-13)12-17(23)20-16-5-6-19-22(16)11-14-3-2-4-15(18)9-14/h2-6,9,13H,7-8,10-12H2,1H3,(H,20,23). The maximum atomic E-state index is 12.3. The van der Waals surface area contributed by atoms with E-state index in [9.17, 15) is 4.79 Å². The van der Waals surface area contributed by atoms with E-state index in [1.54, 1.807) is 16.9 Å². The van der Waals surface area contributed by atoms with Gasteiger partial charge in [-0.1, -0.05) is 23.7 Å². The van der Waals surface area contributed by atoms with Crippen molar-refractivity contribution in [3.05, 3.63) is 47.1 Å². The molecule has 7 heteroatoms. The molecule has 1 unspecified atom stereocenters. The van der Waals surface area contributed by atoms with Gasteiger partial charge in [0.1, 0.15) is 5.82 Å². The van der Waals surface area contributed by atoms with E-state index >= 15 is 0 Å². The summed E-state index contributed by atoms with van der Waals surface area (Å²) in [4.78, 5) is 14.4. The highest BCUT2D eigenvalue weighted by atomic mass is 35.5. The summed E-state index contributed by atoms with van der Waals surface area (Å²) in [5.41, 5.74) is 1.03. The molecule has 1 aliphatic heterocycles. The Bertz CT molecular complexity index is 703. The summed E-state index contributed by atoms with van der Waals surface area (Å²) in [6.45, 7) is 5.15. The highest BCUT2D eigenvalue weighted by Gasteiger charge is 2.19. The molecule has 1 fully saturated rings. The van der Waals surface area contributed by atoms with Crippen molar-refractivity contribution >= 4 is 23.3 Å². The number of halogens is 1. The third-order valence-electron chi connectivity index (χ3n) is 3.90. The highest BCUT2D eigenvalue weighted by Crippen LogP contribution is 2.14. The van der Waals surface area contributed by atoms with Gasteiger partial charge >= 0.3 is 0 Å². The molecule has 0 radical (unpaired) electrons. The van der Waals surface area contributed by atoms with Crippen LogP contribution in [0.4, 0.5) is 5.82 Å². The van der Waals surface area contributed by atoms with Crippen LogP contribution in [0.1, 0.15) is 12.5 Å². The minimum absolute atomic E-state index is 0.0445. The predicted octanol–water partition coefficient (Wildman–Crippen LogP) is 2.24. The lowest BCUT2D eigenvalue weighted by Gasteiger charge is -2.30. The Morgan fingerprint density at radius 3 is 3.12 bits per heavy atom. The molecule has 1 N–H and O–H groups in total. The first-order valence-electron chi connectivity index (χ1n) is 8.00. The number of ether oxygens (including phenoxy) is 1. The van der Waals surface area contributed by atoms with Crippen molar-refractivity contribution in [2.24, 2.45) is 0 Å². The van der Waals surface area contributed by atoms with Crippen molar-refractivity contribution in [2.75, 3.05) is 31.6 Å². The number of amides is 1. The molecular weight excluding hydrogens is 328 g/mol. The molecular formula is C17H21ClN4O2. The predicted molar refractivity (Wildman–Crippen MR) is 93.3 cm³/mol. The fourth-order valence-corrected chi connectivity index (χ4v) is 3.01. The molecule has 1 atom stereocenters. The summed E-state index contributed by atoms with van der Waals surface area (Å²) >= 11 is 6.01. The second kappa shape index (κ2) is 7.79. The maximum Gasteiger partial charge on any atom is 0.239 e. The monoisotopic (exact) mass is 348 g/mol. The van der Waals surface area contributed by atoms with Gasteiger partial charge in [0, 0.05) is 24.2 Å². The fourth-order valence-electron chi connectivity index (χ4n) is 2.79. The normalized spacial score (nSPS) is 18.5. The second-order valence-corrected chi connectivity index (χ2v) is 6.41. The third-order valence-corrected chi connectivity index (χ3v) is 4.13. The van der Waals surface area contributed by atoms with Gasteiger partial charge in [0.15, 0.2) is 0 Å². The van der Waals surface area contributed by atoms with Crippen LogP contribution in [0.2, 0.25) is 5.02 Å². The molecule has 0 aliphatic carbocycles. The minimum Gasteiger partial charge on any atom is -0.376 e. The lowest BCUT2D eigenvalue weighted by molar-refractivity contribution is -0.119. The lowest BCUT2D eigenvalue weighted by atomic mass is 10.2. The van der Waals surface area contributed by atoms with Crippen molar-refractivity contribution in [3.8, 4) is 0 Å². The number of carbonyl (C=O) groups is 1. The molecule has 2 aromatic rings. The van der Waals surface area contributed by atoms with Crippen LogP contribution in [0.3, 0.4) is 0 Å². The van der Waals surface area contributed by atoms with E-state index in [0.717, 1.165) is 18.7 Å². The quantitative estimate of drug-likeness (QED) is 0.900. The van der Waals surface area contributed by atoms with Gasteiger partial charge in [-0.25, -0.2) is 4.68 Å². The Kier molecular flexibility index (Phi) is 5.50. The van der Waals surface area contributed by atoms with Crippen LogP contribution in [0.25, 0.3) is 0 Å². The Hall–Kier alpha value is -1.89. The summed E-state index contributed by atoms with van der Waals surface area (Å²) < 4.78 is 7.25. The van der Waals surface area contributed by atoms with Gasteiger partial charge < -0.3 is 10.1 Å². The Morgan fingerprint density at radius 1 is 1.46 bits per heavy atom. The Labute approximate surface area is 146 Å². The van der Waals surface area contributed by atoms with Crippen LogP contribution < -0.4 is 5.32 Å². The largest absolute Gasteiger partial charge is 0.376 e. The fraction of sp³-hybridized carbons (Fsp3) is 0.412. The summed E-state index contributed by atoms with van der Waals surface area (Å²) in [5.74, 6) is 0.637. The number of benzene rings is 1. The van der Waals surface area contributed by atoms with E-state index < -0.39 is 0 Å². The number of hydrogen-bond donors (Lipinski definition) is 1. The van der Waals surface area contributed by atoms with Crippen molar-refractivity contribution in [1.29, 1.82) is 0 Å². The summed E-state index contributed by atoms with van der Waals surface area (Å²) in [6, 6.07) is 9.40. The molecule has 1 saturated heterocycles. The average Bonchev–Trinajstić information content (AvgIpc) is 2.94. The van der Waals surface area contributed by atoms with Crippen LogP contribution in [0.5, 0.6) is 0 Å². The van der Waals surface area contributed by atoms with Crippen LogP contribution in [0.15, 0.2) is 36.5 Å². The number of hydrogen-bond acceptors (Lipinski definition) is 4. The van der Waals surface area contributed by atoms with Gasteiger partial charge in [0.05, 0.1) is 32.0 Å². The molecule has 1 aromatic carbocycles. The zero-order valence-electron chi connectivity index (χ0n) is 13.6. The molecule has 1 amide bonds. The number of morpholine rings is 1. The molecule has 128 valence electrons. The van der Waals surface area contributed by atoms with Gasteiger partial charge in [-0.15, -0.1) is 0 Å². The molecule has 1 aliphatic rings. The smallest absolute Gasteiger partial charge is 0.239 e. The maximum absolute atomic E-state index is 12.3. The van der Waals surface area contributed by atoms with Crippen LogP contribution >= 0.6 is 11.6 Å². The zero-order chi connectivity index (χ0) is 16.9. The molecule has 1 aromatic heterocycles. The first-order valence-corrected chi connectivity index (χ1v) is 8.38. The lowest BCUT2D eigenvalue weighted by Crippen LogP contribution is -2.44. The molecule has 0 spiro atoms. The van der Waals surface area contributed by atoms with E-state index in [-0.39, 0.29) is 12.0 Å². The summed E-state index contributed by atoms with van der Waals surface area (Å²) in [6.07, 6.45) is 1.84. The third kappa shape index (κ3) is 4.56. The van der Waals surface area contributed by atoms with Gasteiger partial charge in [-0.2, -0.15) is 5.10 Å². The van der Waals surface area contributed by atoms with Gasteiger partial charge in [0.2, 0.25) is 5.91 Å². The average molecular weight is 349 g/mol. The Morgan fingerprint density at radius 2 is 2.33 bits per heavy atom. The van der Waals surface area contributed by atoms with Crippen molar-refractivity contribution in [2.45, 2.75) is 19.6 Å². The van der Waals surface area contributed by atoms with Crippen molar-refractivity contribution in [3.63, 3.8) is 0 Å². The summed E-state index contributed by atoms with van der Waals surface area (Å²) in [7, 11) is 0. The molecule has 3 rings (SSSR count). The second-order valence-electron chi connectivity index (χ2n) is 5.97. The Balaban J connectivity index is 1.59. The highest BCUT2D eigenvalue weighted by molar-refractivity contribution is 6.30. The van der Waals surface area contributed by atoms with E-state index in [0.29, 0.717) is 30.5 Å². The minimum atomic E-state index is -0.0445. The number of nitrogens with zero attached hydrogens (tertiary/aromatic N) is 3. The summed E-state index contributed by atoms with van der Waals surface area (Å²) in [5, 5.41) is 7.90. The first kappa shape index (κ1) is 17.0. The van der Waals surface area contributed by atoms with Crippen molar-refractivity contribution in [1.82, 2.24) is 14.7 Å². The van der Waals surface area contributed by atoms with Gasteiger partial charge in [0.25, 0.3) is 0 Å². The van der Waals surface area contributed by atoms with Crippen LogP contribution in [0, 0.1) is 0 Å². The van der Waals surface area contributed by atoms with Crippen LogP contribution in [-0.2, 0) is 16.1 Å². The number of carbonyl (C=O) groups excluding carboxylic acids is 1. The molecule has 0 bridgehead atoms. The van der Waals surface area contributed by atoms with E-state index in [1.165, 1.54) is 0 Å². The molecule has 6 nitrogen and oxygen atoms in total. The van der Waals surface area contributed by atoms with Gasteiger partial charge in [-0.3, -0.25) is 9.69 Å². The van der Waals surface area contributed by atoms with E-state index in [1.807, 2.05) is 31.2 Å². The molecule has 0 saturated carbocycles. The number of anilines is 1. The first-order chi connectivity index (χ1) is 11.6. The zero-order valence-corrected chi connectivity index (χ0v) is 14.4.